The quantitative estimate of drug-likeness (QED) is 0.229. The Morgan fingerprint density at radius 3 is 2.85 bits per heavy atom. The zero-order chi connectivity index (χ0) is 18.6. The normalized spacial score (nSPS) is 11.0. The number of aromatic nitrogens is 1. The van der Waals surface area contributed by atoms with Crippen molar-refractivity contribution >= 4 is 23.2 Å². The van der Waals surface area contributed by atoms with E-state index in [1.54, 1.807) is 18.5 Å². The highest BCUT2D eigenvalue weighted by Gasteiger charge is 2.01. The molecule has 0 fully saturated rings. The van der Waals surface area contributed by atoms with Crippen molar-refractivity contribution in [2.75, 3.05) is 6.61 Å². The van der Waals surface area contributed by atoms with Gasteiger partial charge in [-0.25, -0.2) is 4.99 Å². The van der Waals surface area contributed by atoms with Crippen LogP contribution in [0.4, 0.5) is 5.69 Å². The number of rotatable bonds is 9. The number of nitrogens with zero attached hydrogens (tertiary/aromatic N) is 3. The summed E-state index contributed by atoms with van der Waals surface area (Å²) in [6.07, 6.45) is 8.52. The molecule has 0 amide bonds. The Balaban J connectivity index is 1.65. The largest absolute Gasteiger partial charge is 0.492 e. The molecule has 0 bridgehead atoms. The second-order valence-corrected chi connectivity index (χ2v) is 6.09. The van der Waals surface area contributed by atoms with E-state index in [1.807, 2.05) is 30.3 Å². The fraction of sp³-hybridized carbons (Fsp3) is 0.316. The van der Waals surface area contributed by atoms with Crippen LogP contribution in [0.5, 0.6) is 5.75 Å². The van der Waals surface area contributed by atoms with Crippen molar-refractivity contribution in [2.24, 2.45) is 10.7 Å². The number of halogens is 1. The monoisotopic (exact) mass is 371 g/mol. The lowest BCUT2D eigenvalue weighted by atomic mass is 10.1. The second kappa shape index (κ2) is 11.0. The molecule has 1 aromatic heterocycles. The Labute approximate surface area is 158 Å². The Bertz CT molecular complexity index is 773. The number of hydrogen-bond donors (Lipinski definition) is 2. The van der Waals surface area contributed by atoms with Crippen molar-refractivity contribution in [3.63, 3.8) is 0 Å². The minimum absolute atomic E-state index is 0.0724. The maximum absolute atomic E-state index is 8.50. The topological polar surface area (TPSA) is 96.3 Å². The number of nitrogens with one attached hydrogen (secondary N) is 1. The fourth-order valence-electron chi connectivity index (χ4n) is 2.40. The summed E-state index contributed by atoms with van der Waals surface area (Å²) in [5.74, 6) is 0.809. The van der Waals surface area contributed by atoms with Crippen LogP contribution in [-0.4, -0.2) is 17.6 Å². The standard InChI is InChI=1S/C19H22ClN5O/c20-17-8-4-5-9-18(17)26-12-6-2-1-3-7-15-13-16(10-11-23-15)25-19(22)24-14-21/h4-5,8-11,13H,1-3,6-7,12H2,(H3,22,23,24,25). The zero-order valence-corrected chi connectivity index (χ0v) is 15.2. The van der Waals surface area contributed by atoms with Gasteiger partial charge in [0.05, 0.1) is 17.3 Å². The molecule has 0 saturated heterocycles. The van der Waals surface area contributed by atoms with E-state index in [0.717, 1.165) is 43.5 Å². The number of guanidine groups is 1. The predicted molar refractivity (Wildman–Crippen MR) is 103 cm³/mol. The Morgan fingerprint density at radius 2 is 2.04 bits per heavy atom. The van der Waals surface area contributed by atoms with Crippen molar-refractivity contribution < 1.29 is 4.74 Å². The number of benzene rings is 1. The lowest BCUT2D eigenvalue weighted by Crippen LogP contribution is -2.26. The van der Waals surface area contributed by atoms with E-state index >= 15 is 0 Å². The third kappa shape index (κ3) is 6.99. The first-order valence-electron chi connectivity index (χ1n) is 8.50. The van der Waals surface area contributed by atoms with Crippen molar-refractivity contribution in [2.45, 2.75) is 32.1 Å². The molecule has 3 N–H and O–H groups in total. The van der Waals surface area contributed by atoms with Gasteiger partial charge in [-0.05, 0) is 43.5 Å². The van der Waals surface area contributed by atoms with Gasteiger partial charge < -0.3 is 10.5 Å². The summed E-state index contributed by atoms with van der Waals surface area (Å²) in [7, 11) is 0. The predicted octanol–water partition coefficient (Wildman–Crippen LogP) is 3.93. The molecule has 7 heteroatoms. The number of nitrogens with two attached hydrogens (primary N) is 1. The maximum atomic E-state index is 8.50. The molecule has 26 heavy (non-hydrogen) atoms. The number of nitriles is 1. The van der Waals surface area contributed by atoms with Gasteiger partial charge in [0.1, 0.15) is 5.75 Å². The van der Waals surface area contributed by atoms with Gasteiger partial charge in [-0.15, -0.1) is 0 Å². The van der Waals surface area contributed by atoms with Crippen LogP contribution in [0, 0.1) is 11.5 Å². The van der Waals surface area contributed by atoms with Gasteiger partial charge in [-0.2, -0.15) is 5.26 Å². The van der Waals surface area contributed by atoms with E-state index < -0.39 is 0 Å². The molecule has 0 saturated carbocycles. The number of aryl methyl sites for hydroxylation is 1. The molecule has 0 unspecified atom stereocenters. The number of ether oxygens (including phenoxy) is 1. The van der Waals surface area contributed by atoms with Crippen LogP contribution in [-0.2, 0) is 6.42 Å². The number of aliphatic imine (C=N–C) groups is 1. The molecular weight excluding hydrogens is 350 g/mol. The summed E-state index contributed by atoms with van der Waals surface area (Å²) in [5, 5.41) is 11.4. The van der Waals surface area contributed by atoms with Gasteiger partial charge >= 0.3 is 0 Å². The zero-order valence-electron chi connectivity index (χ0n) is 14.5. The minimum Gasteiger partial charge on any atom is -0.492 e. The van der Waals surface area contributed by atoms with E-state index in [2.05, 4.69) is 15.3 Å². The van der Waals surface area contributed by atoms with E-state index in [-0.39, 0.29) is 5.96 Å². The summed E-state index contributed by atoms with van der Waals surface area (Å²) in [5.41, 5.74) is 7.21. The average molecular weight is 372 g/mol. The van der Waals surface area contributed by atoms with Crippen LogP contribution in [0.2, 0.25) is 5.02 Å². The van der Waals surface area contributed by atoms with Gasteiger partial charge in [0.15, 0.2) is 6.19 Å². The van der Waals surface area contributed by atoms with Crippen molar-refractivity contribution in [3.8, 4) is 11.9 Å². The molecule has 1 heterocycles. The summed E-state index contributed by atoms with van der Waals surface area (Å²) in [6.45, 7) is 0.664. The van der Waals surface area contributed by atoms with Crippen molar-refractivity contribution in [1.82, 2.24) is 10.3 Å². The molecule has 0 aliphatic carbocycles. The van der Waals surface area contributed by atoms with Crippen LogP contribution >= 0.6 is 11.6 Å². The lowest BCUT2D eigenvalue weighted by Gasteiger charge is -2.07. The highest BCUT2D eigenvalue weighted by molar-refractivity contribution is 6.32. The first kappa shape index (κ1) is 19.5. The highest BCUT2D eigenvalue weighted by Crippen LogP contribution is 2.23. The fourth-order valence-corrected chi connectivity index (χ4v) is 2.59. The second-order valence-electron chi connectivity index (χ2n) is 5.68. The van der Waals surface area contributed by atoms with Crippen LogP contribution in [0.15, 0.2) is 47.6 Å². The molecule has 0 radical (unpaired) electrons. The van der Waals surface area contributed by atoms with E-state index in [4.69, 9.17) is 27.3 Å². The molecule has 136 valence electrons. The Hall–Kier alpha value is -2.78. The molecule has 0 aliphatic heterocycles. The van der Waals surface area contributed by atoms with Crippen molar-refractivity contribution in [1.29, 1.82) is 5.26 Å². The van der Waals surface area contributed by atoms with Crippen LogP contribution in [0.25, 0.3) is 0 Å². The third-order valence-corrected chi connectivity index (χ3v) is 3.97. The Morgan fingerprint density at radius 1 is 1.23 bits per heavy atom. The van der Waals surface area contributed by atoms with Crippen LogP contribution < -0.4 is 15.8 Å². The van der Waals surface area contributed by atoms with Gasteiger partial charge in [0.2, 0.25) is 5.96 Å². The number of pyridine rings is 1. The lowest BCUT2D eigenvalue weighted by molar-refractivity contribution is 0.305. The molecule has 2 aromatic rings. The molecule has 0 atom stereocenters. The molecule has 0 aliphatic rings. The summed E-state index contributed by atoms with van der Waals surface area (Å²) < 4.78 is 5.67. The molecular formula is C19H22ClN5O. The maximum Gasteiger partial charge on any atom is 0.207 e. The van der Waals surface area contributed by atoms with Gasteiger partial charge in [-0.1, -0.05) is 36.6 Å². The summed E-state index contributed by atoms with van der Waals surface area (Å²) in [6, 6.07) is 11.1. The number of hydrogen-bond acceptors (Lipinski definition) is 4. The molecule has 1 aromatic carbocycles. The van der Waals surface area contributed by atoms with Crippen LogP contribution in [0.3, 0.4) is 0 Å². The first-order chi connectivity index (χ1) is 12.7. The molecule has 2 rings (SSSR count). The SMILES string of the molecule is N#CNC(N)=Nc1ccnc(CCCCCCOc2ccccc2Cl)c1. The first-order valence-corrected chi connectivity index (χ1v) is 8.88. The summed E-state index contributed by atoms with van der Waals surface area (Å²) in [4.78, 5) is 8.45. The summed E-state index contributed by atoms with van der Waals surface area (Å²) >= 11 is 6.05. The van der Waals surface area contributed by atoms with Gasteiger partial charge in [0, 0.05) is 11.9 Å². The van der Waals surface area contributed by atoms with Gasteiger partial charge in [0.25, 0.3) is 0 Å². The minimum atomic E-state index is 0.0724. The molecule has 0 spiro atoms. The Kier molecular flexibility index (Phi) is 8.24. The number of para-hydroxylation sites is 1. The van der Waals surface area contributed by atoms with E-state index in [1.165, 1.54) is 0 Å². The smallest absolute Gasteiger partial charge is 0.207 e. The number of unbranched alkanes of at least 4 members (excludes halogenated alkanes) is 3. The van der Waals surface area contributed by atoms with Crippen molar-refractivity contribution in [3.05, 3.63) is 53.3 Å². The third-order valence-electron chi connectivity index (χ3n) is 3.66. The highest BCUT2D eigenvalue weighted by atomic mass is 35.5. The molecule has 6 nitrogen and oxygen atoms in total. The average Bonchev–Trinajstić information content (AvgIpc) is 2.63. The van der Waals surface area contributed by atoms with E-state index in [9.17, 15) is 0 Å². The van der Waals surface area contributed by atoms with Crippen LogP contribution in [0.1, 0.15) is 31.4 Å². The van der Waals surface area contributed by atoms with E-state index in [0.29, 0.717) is 17.3 Å². The van der Waals surface area contributed by atoms with Gasteiger partial charge in [-0.3, -0.25) is 10.3 Å².